The molecule has 0 aliphatic rings. The maximum atomic E-state index is 11.3. The monoisotopic (exact) mass is 137 g/mol. The summed E-state index contributed by atoms with van der Waals surface area (Å²) in [5.74, 6) is 0. The van der Waals surface area contributed by atoms with Crippen LogP contribution in [-0.4, -0.2) is 6.18 Å². The molecule has 0 atom stereocenters. The number of alkyl halides is 3. The molecule has 1 radical (unpaired) electrons. The zero-order valence-electron chi connectivity index (χ0n) is 4.91. The third kappa shape index (κ3) is 7.53. The summed E-state index contributed by atoms with van der Waals surface area (Å²) in [6.07, 6.45) is -3.09. The van der Waals surface area contributed by atoms with Crippen LogP contribution in [-0.2, 0) is 0 Å². The summed E-state index contributed by atoms with van der Waals surface area (Å²) in [7, 11) is 0. The van der Waals surface area contributed by atoms with Crippen molar-refractivity contribution in [2.24, 2.45) is 0 Å². The van der Waals surface area contributed by atoms with E-state index in [0.29, 0.717) is 6.42 Å². The molecule has 0 aliphatic carbocycles. The van der Waals surface area contributed by atoms with E-state index in [-0.39, 0.29) is 6.42 Å². The summed E-state index contributed by atoms with van der Waals surface area (Å²) < 4.78 is 34.0. The fourth-order valence-electron chi connectivity index (χ4n) is 0.420. The molecule has 0 aliphatic heterocycles. The minimum absolute atomic E-state index is 0.0972. The second-order valence-corrected chi connectivity index (χ2v) is 1.74. The highest BCUT2D eigenvalue weighted by molar-refractivity contribution is 4.63. The summed E-state index contributed by atoms with van der Waals surface area (Å²) in [6, 6.07) is 0. The lowest BCUT2D eigenvalue weighted by atomic mass is 10.2. The van der Waals surface area contributed by atoms with E-state index in [1.807, 2.05) is 0 Å². The predicted octanol–water partition coefficient (Wildman–Crippen LogP) is 2.71. The average Bonchev–Trinajstić information content (AvgIpc) is 1.63. The van der Waals surface area contributed by atoms with Gasteiger partial charge in [-0.05, 0) is 12.8 Å². The molecular weight excluding hydrogens is 129 g/mol. The third-order valence-corrected chi connectivity index (χ3v) is 0.831. The van der Waals surface area contributed by atoms with E-state index in [1.165, 1.54) is 6.08 Å². The zero-order chi connectivity index (χ0) is 7.33. The van der Waals surface area contributed by atoms with Crippen molar-refractivity contribution in [2.75, 3.05) is 0 Å². The number of unbranched alkanes of at least 4 members (excludes halogenated alkanes) is 1. The summed E-state index contributed by atoms with van der Waals surface area (Å²) in [5.41, 5.74) is 0. The van der Waals surface area contributed by atoms with Gasteiger partial charge in [0.1, 0.15) is 0 Å². The molecule has 0 aromatic carbocycles. The van der Waals surface area contributed by atoms with E-state index in [4.69, 9.17) is 6.58 Å². The first kappa shape index (κ1) is 8.53. The van der Waals surface area contributed by atoms with Gasteiger partial charge in [-0.1, -0.05) is 12.7 Å². The number of hydrogen-bond acceptors (Lipinski definition) is 0. The Morgan fingerprint density at radius 3 is 2.22 bits per heavy atom. The molecule has 0 rings (SSSR count). The van der Waals surface area contributed by atoms with Crippen LogP contribution in [0.1, 0.15) is 19.3 Å². The molecule has 0 aromatic heterocycles. The number of rotatable bonds is 3. The highest BCUT2D eigenvalue weighted by Crippen LogP contribution is 2.21. The summed E-state index contributed by atoms with van der Waals surface area (Å²) in [4.78, 5) is 0. The van der Waals surface area contributed by atoms with Gasteiger partial charge in [0.05, 0.1) is 0 Å². The molecule has 0 aromatic rings. The molecule has 53 valence electrons. The maximum absolute atomic E-state index is 11.3. The zero-order valence-corrected chi connectivity index (χ0v) is 4.91. The normalized spacial score (nSPS) is 11.4. The predicted molar refractivity (Wildman–Crippen MR) is 28.8 cm³/mol. The van der Waals surface area contributed by atoms with Gasteiger partial charge >= 0.3 is 6.18 Å². The van der Waals surface area contributed by atoms with Gasteiger partial charge in [0.2, 0.25) is 0 Å². The molecule has 0 unspecified atom stereocenters. The topological polar surface area (TPSA) is 0 Å². The van der Waals surface area contributed by atoms with Gasteiger partial charge in [-0.2, -0.15) is 13.2 Å². The minimum atomic E-state index is -4.02. The van der Waals surface area contributed by atoms with Crippen LogP contribution in [0, 0.1) is 6.58 Å². The summed E-state index contributed by atoms with van der Waals surface area (Å²) in [5, 5.41) is 0. The van der Waals surface area contributed by atoms with Crippen molar-refractivity contribution in [2.45, 2.75) is 25.4 Å². The Labute approximate surface area is 52.4 Å². The first-order valence-corrected chi connectivity index (χ1v) is 2.66. The Morgan fingerprint density at radius 1 is 1.33 bits per heavy atom. The molecule has 0 N–H and O–H groups in total. The SMILES string of the molecule is [CH]=CCCCC(F)(F)F. The second kappa shape index (κ2) is 3.54. The minimum Gasteiger partial charge on any atom is -0.171 e. The first-order chi connectivity index (χ1) is 4.06. The molecule has 3 heteroatoms. The van der Waals surface area contributed by atoms with Crippen molar-refractivity contribution in [3.05, 3.63) is 12.7 Å². The lowest BCUT2D eigenvalue weighted by Crippen LogP contribution is -2.05. The van der Waals surface area contributed by atoms with Gasteiger partial charge in [0.25, 0.3) is 0 Å². The molecule has 0 fully saturated rings. The molecule has 0 saturated heterocycles. The first-order valence-electron chi connectivity index (χ1n) is 2.66. The largest absolute Gasteiger partial charge is 0.389 e. The van der Waals surface area contributed by atoms with E-state index >= 15 is 0 Å². The molecule has 0 amide bonds. The van der Waals surface area contributed by atoms with Gasteiger partial charge < -0.3 is 0 Å². The fraction of sp³-hybridized carbons (Fsp3) is 0.667. The molecule has 0 bridgehead atoms. The van der Waals surface area contributed by atoms with Crippen LogP contribution in [0.5, 0.6) is 0 Å². The highest BCUT2D eigenvalue weighted by atomic mass is 19.4. The van der Waals surface area contributed by atoms with Gasteiger partial charge in [-0.25, -0.2) is 0 Å². The molecule has 0 saturated carbocycles. The van der Waals surface area contributed by atoms with E-state index in [1.54, 1.807) is 0 Å². The van der Waals surface area contributed by atoms with Crippen LogP contribution in [0.3, 0.4) is 0 Å². The van der Waals surface area contributed by atoms with Crippen LogP contribution < -0.4 is 0 Å². The summed E-state index contributed by atoms with van der Waals surface area (Å²) in [6.45, 7) is 4.87. The fourth-order valence-corrected chi connectivity index (χ4v) is 0.420. The van der Waals surface area contributed by atoms with Gasteiger partial charge in [-0.3, -0.25) is 0 Å². The van der Waals surface area contributed by atoms with Crippen molar-refractivity contribution in [3.63, 3.8) is 0 Å². The van der Waals surface area contributed by atoms with Crippen LogP contribution in [0.25, 0.3) is 0 Å². The Morgan fingerprint density at radius 2 is 1.89 bits per heavy atom. The third-order valence-electron chi connectivity index (χ3n) is 0.831. The van der Waals surface area contributed by atoms with Gasteiger partial charge in [-0.15, -0.1) is 0 Å². The molecule has 0 nitrogen and oxygen atoms in total. The number of allylic oxidation sites excluding steroid dienone is 1. The van der Waals surface area contributed by atoms with Crippen molar-refractivity contribution < 1.29 is 13.2 Å². The second-order valence-electron chi connectivity index (χ2n) is 1.74. The molecule has 0 heterocycles. The van der Waals surface area contributed by atoms with Crippen LogP contribution in [0.4, 0.5) is 13.2 Å². The van der Waals surface area contributed by atoms with Crippen molar-refractivity contribution in [3.8, 4) is 0 Å². The number of hydrogen-bond donors (Lipinski definition) is 0. The van der Waals surface area contributed by atoms with Crippen LogP contribution in [0.2, 0.25) is 0 Å². The van der Waals surface area contributed by atoms with Gasteiger partial charge in [0, 0.05) is 6.42 Å². The maximum Gasteiger partial charge on any atom is 0.389 e. The van der Waals surface area contributed by atoms with Crippen LogP contribution >= 0.6 is 0 Å². The van der Waals surface area contributed by atoms with Crippen molar-refractivity contribution in [1.29, 1.82) is 0 Å². The quantitative estimate of drug-likeness (QED) is 0.524. The number of halogens is 3. The van der Waals surface area contributed by atoms with E-state index < -0.39 is 12.6 Å². The van der Waals surface area contributed by atoms with E-state index in [2.05, 4.69) is 0 Å². The lowest BCUT2D eigenvalue weighted by molar-refractivity contribution is -0.135. The lowest BCUT2D eigenvalue weighted by Gasteiger charge is -2.02. The van der Waals surface area contributed by atoms with Crippen LogP contribution in [0.15, 0.2) is 6.08 Å². The molecule has 9 heavy (non-hydrogen) atoms. The molecular formula is C6H8F3. The average molecular weight is 137 g/mol. The Kier molecular flexibility index (Phi) is 3.35. The van der Waals surface area contributed by atoms with Crippen molar-refractivity contribution >= 4 is 0 Å². The Hall–Kier alpha value is -0.470. The Balaban J connectivity index is 3.17. The standard InChI is InChI=1S/C6H8F3/c1-2-3-4-5-6(7,8)9/h1-2H,3-5H2. The van der Waals surface area contributed by atoms with E-state index in [9.17, 15) is 13.2 Å². The molecule has 0 spiro atoms. The smallest absolute Gasteiger partial charge is 0.171 e. The Bertz CT molecular complexity index is 82.8. The van der Waals surface area contributed by atoms with Crippen molar-refractivity contribution in [1.82, 2.24) is 0 Å². The highest BCUT2D eigenvalue weighted by Gasteiger charge is 2.25. The summed E-state index contributed by atoms with van der Waals surface area (Å²) >= 11 is 0. The van der Waals surface area contributed by atoms with Gasteiger partial charge in [0.15, 0.2) is 0 Å². The van der Waals surface area contributed by atoms with E-state index in [0.717, 1.165) is 0 Å².